The van der Waals surface area contributed by atoms with E-state index in [4.69, 9.17) is 9.47 Å². The molecule has 1 N–H and O–H groups in total. The molecule has 0 bridgehead atoms. The van der Waals surface area contributed by atoms with E-state index in [1.54, 1.807) is 14.0 Å². The lowest BCUT2D eigenvalue weighted by Crippen LogP contribution is -2.48. The van der Waals surface area contributed by atoms with Gasteiger partial charge in [-0.1, -0.05) is 0 Å². The number of methoxy groups -OCH3 is 1. The monoisotopic (exact) mass is 241 g/mol. The molecule has 2 rings (SSSR count). The third kappa shape index (κ3) is 2.16. The van der Waals surface area contributed by atoms with E-state index in [-0.39, 0.29) is 11.9 Å². The van der Waals surface area contributed by atoms with Gasteiger partial charge < -0.3 is 14.8 Å². The first kappa shape index (κ1) is 12.4. The van der Waals surface area contributed by atoms with Gasteiger partial charge in [-0.15, -0.1) is 0 Å². The SMILES string of the molecule is CCOC(=O)C1NC(=O)CC1(COC)C1CC1. The molecule has 0 aromatic carbocycles. The fourth-order valence-corrected chi connectivity index (χ4v) is 2.84. The lowest BCUT2D eigenvalue weighted by Gasteiger charge is -2.32. The second kappa shape index (κ2) is 4.64. The van der Waals surface area contributed by atoms with Gasteiger partial charge in [0.25, 0.3) is 0 Å². The molecule has 5 nitrogen and oxygen atoms in total. The van der Waals surface area contributed by atoms with Crippen molar-refractivity contribution in [1.29, 1.82) is 0 Å². The molecule has 17 heavy (non-hydrogen) atoms. The van der Waals surface area contributed by atoms with Crippen LogP contribution in [0, 0.1) is 11.3 Å². The van der Waals surface area contributed by atoms with E-state index in [2.05, 4.69) is 5.32 Å². The molecule has 1 saturated heterocycles. The van der Waals surface area contributed by atoms with Crippen LogP contribution in [0.2, 0.25) is 0 Å². The zero-order chi connectivity index (χ0) is 12.5. The Balaban J connectivity index is 2.20. The fraction of sp³-hybridized carbons (Fsp3) is 0.833. The minimum atomic E-state index is -0.539. The molecule has 1 aliphatic heterocycles. The van der Waals surface area contributed by atoms with Crippen molar-refractivity contribution >= 4 is 11.9 Å². The van der Waals surface area contributed by atoms with Crippen LogP contribution in [-0.2, 0) is 19.1 Å². The van der Waals surface area contributed by atoms with Gasteiger partial charge >= 0.3 is 5.97 Å². The van der Waals surface area contributed by atoms with Crippen molar-refractivity contribution in [2.24, 2.45) is 11.3 Å². The van der Waals surface area contributed by atoms with E-state index in [1.807, 2.05) is 0 Å². The highest BCUT2D eigenvalue weighted by Gasteiger charge is 2.58. The van der Waals surface area contributed by atoms with Gasteiger partial charge in [-0.3, -0.25) is 4.79 Å². The second-order valence-corrected chi connectivity index (χ2v) is 4.87. The molecule has 2 unspecified atom stereocenters. The number of esters is 1. The average molecular weight is 241 g/mol. The predicted molar refractivity (Wildman–Crippen MR) is 60.2 cm³/mol. The van der Waals surface area contributed by atoms with Gasteiger partial charge in [0.05, 0.1) is 13.2 Å². The quantitative estimate of drug-likeness (QED) is 0.711. The Morgan fingerprint density at radius 2 is 2.24 bits per heavy atom. The van der Waals surface area contributed by atoms with E-state index < -0.39 is 11.5 Å². The standard InChI is InChI=1S/C12H19NO4/c1-3-17-11(15)10-12(7-16-2,8-4-5-8)6-9(14)13-10/h8,10H,3-7H2,1-2H3,(H,13,14). The van der Waals surface area contributed by atoms with E-state index in [0.29, 0.717) is 25.6 Å². The summed E-state index contributed by atoms with van der Waals surface area (Å²) in [6.45, 7) is 2.53. The first-order chi connectivity index (χ1) is 8.14. The number of amides is 1. The third-order valence-electron chi connectivity index (χ3n) is 3.70. The zero-order valence-electron chi connectivity index (χ0n) is 10.3. The molecule has 2 aliphatic rings. The highest BCUT2D eigenvalue weighted by Crippen LogP contribution is 2.52. The molecule has 96 valence electrons. The molecule has 0 radical (unpaired) electrons. The number of hydrogen-bond acceptors (Lipinski definition) is 4. The van der Waals surface area contributed by atoms with E-state index in [1.165, 1.54) is 0 Å². The van der Waals surface area contributed by atoms with Gasteiger partial charge in [0.1, 0.15) is 6.04 Å². The van der Waals surface area contributed by atoms with Crippen LogP contribution in [0.1, 0.15) is 26.2 Å². The smallest absolute Gasteiger partial charge is 0.329 e. The third-order valence-corrected chi connectivity index (χ3v) is 3.70. The van der Waals surface area contributed by atoms with E-state index >= 15 is 0 Å². The summed E-state index contributed by atoms with van der Waals surface area (Å²) >= 11 is 0. The molecule has 0 spiro atoms. The summed E-state index contributed by atoms with van der Waals surface area (Å²) in [5.74, 6) is -0.00916. The molecular weight excluding hydrogens is 222 g/mol. The fourth-order valence-electron chi connectivity index (χ4n) is 2.84. The highest BCUT2D eigenvalue weighted by molar-refractivity contribution is 5.90. The lowest BCUT2D eigenvalue weighted by atomic mass is 9.76. The molecule has 1 heterocycles. The molecule has 0 aromatic rings. The number of nitrogens with one attached hydrogen (secondary N) is 1. The molecule has 0 aromatic heterocycles. The molecule has 2 atom stereocenters. The predicted octanol–water partition coefficient (Wildman–Crippen LogP) is 0.481. The number of rotatable bonds is 5. The van der Waals surface area contributed by atoms with Crippen LogP contribution in [0.4, 0.5) is 0 Å². The summed E-state index contributed by atoms with van der Waals surface area (Å²) in [6.07, 6.45) is 2.50. The first-order valence-corrected chi connectivity index (χ1v) is 6.09. The van der Waals surface area contributed by atoms with Gasteiger partial charge in [0.2, 0.25) is 5.91 Å². The van der Waals surface area contributed by atoms with E-state index in [0.717, 1.165) is 12.8 Å². The van der Waals surface area contributed by atoms with Crippen molar-refractivity contribution < 1.29 is 19.1 Å². The van der Waals surface area contributed by atoms with Crippen LogP contribution in [0.15, 0.2) is 0 Å². The minimum absolute atomic E-state index is 0.0768. The minimum Gasteiger partial charge on any atom is -0.464 e. The lowest BCUT2D eigenvalue weighted by molar-refractivity contribution is -0.150. The van der Waals surface area contributed by atoms with Crippen molar-refractivity contribution in [3.8, 4) is 0 Å². The highest BCUT2D eigenvalue weighted by atomic mass is 16.5. The molecule has 5 heteroatoms. The Morgan fingerprint density at radius 1 is 1.53 bits per heavy atom. The maximum atomic E-state index is 11.9. The Labute approximate surface area is 101 Å². The van der Waals surface area contributed by atoms with Crippen molar-refractivity contribution in [1.82, 2.24) is 5.32 Å². The summed E-state index contributed by atoms with van der Waals surface area (Å²) in [5.41, 5.74) is -0.391. The zero-order valence-corrected chi connectivity index (χ0v) is 10.3. The van der Waals surface area contributed by atoms with Crippen molar-refractivity contribution in [3.05, 3.63) is 0 Å². The van der Waals surface area contributed by atoms with Crippen LogP contribution < -0.4 is 5.32 Å². The summed E-state index contributed by atoms with van der Waals surface area (Å²) in [5, 5.41) is 2.74. The molecule has 2 fully saturated rings. The summed E-state index contributed by atoms with van der Waals surface area (Å²) in [7, 11) is 1.61. The molecular formula is C12H19NO4. The maximum absolute atomic E-state index is 11.9. The van der Waals surface area contributed by atoms with Crippen LogP contribution in [0.5, 0.6) is 0 Å². The van der Waals surface area contributed by atoms with Crippen LogP contribution in [0.3, 0.4) is 0 Å². The molecule has 1 saturated carbocycles. The average Bonchev–Trinajstić information content (AvgIpc) is 3.06. The Morgan fingerprint density at radius 3 is 2.76 bits per heavy atom. The topological polar surface area (TPSA) is 64.6 Å². The van der Waals surface area contributed by atoms with Crippen LogP contribution >= 0.6 is 0 Å². The molecule has 1 aliphatic carbocycles. The normalized spacial score (nSPS) is 32.4. The largest absolute Gasteiger partial charge is 0.464 e. The van der Waals surface area contributed by atoms with E-state index in [9.17, 15) is 9.59 Å². The first-order valence-electron chi connectivity index (χ1n) is 6.09. The number of carbonyl (C=O) groups is 2. The van der Waals surface area contributed by atoms with Gasteiger partial charge in [0, 0.05) is 18.9 Å². The molecule has 1 amide bonds. The van der Waals surface area contributed by atoms with Gasteiger partial charge in [-0.2, -0.15) is 0 Å². The second-order valence-electron chi connectivity index (χ2n) is 4.87. The Hall–Kier alpha value is -1.10. The summed E-state index contributed by atoms with van der Waals surface area (Å²) in [6, 6.07) is -0.539. The van der Waals surface area contributed by atoms with Gasteiger partial charge in [-0.05, 0) is 25.7 Å². The van der Waals surface area contributed by atoms with Crippen molar-refractivity contribution in [3.63, 3.8) is 0 Å². The number of carbonyl (C=O) groups excluding carboxylic acids is 2. The van der Waals surface area contributed by atoms with Gasteiger partial charge in [-0.25, -0.2) is 4.79 Å². The Kier molecular flexibility index (Phi) is 3.38. The van der Waals surface area contributed by atoms with Gasteiger partial charge in [0.15, 0.2) is 0 Å². The van der Waals surface area contributed by atoms with Crippen LogP contribution in [0.25, 0.3) is 0 Å². The summed E-state index contributed by atoms with van der Waals surface area (Å²) in [4.78, 5) is 23.5. The van der Waals surface area contributed by atoms with Crippen LogP contribution in [-0.4, -0.2) is 38.2 Å². The maximum Gasteiger partial charge on any atom is 0.329 e. The van der Waals surface area contributed by atoms with Crippen molar-refractivity contribution in [2.45, 2.75) is 32.2 Å². The Bertz CT molecular complexity index is 326. The summed E-state index contributed by atoms with van der Waals surface area (Å²) < 4.78 is 10.3. The number of ether oxygens (including phenoxy) is 2. The number of hydrogen-bond donors (Lipinski definition) is 1. The van der Waals surface area contributed by atoms with Crippen molar-refractivity contribution in [2.75, 3.05) is 20.3 Å².